The number of hydrogen-bond donors (Lipinski definition) is 1. The van der Waals surface area contributed by atoms with Crippen molar-refractivity contribution in [2.24, 2.45) is 9.98 Å². The molecule has 9 aromatic rings. The van der Waals surface area contributed by atoms with E-state index in [1.807, 2.05) is 47.7 Å². The quantitative estimate of drug-likeness (QED) is 0.210. The molecule has 0 saturated carbocycles. The predicted octanol–water partition coefficient (Wildman–Crippen LogP) is 11.3. The zero-order chi connectivity index (χ0) is 31.6. The Balaban J connectivity index is 1.28. The Hall–Kier alpha value is -6.04. The topological polar surface area (TPSA) is 49.9 Å². The van der Waals surface area contributed by atoms with Crippen molar-refractivity contribution < 1.29 is 4.42 Å². The normalized spacial score (nSPS) is 13.8. The first-order valence-corrected chi connectivity index (χ1v) is 16.9. The van der Waals surface area contributed by atoms with Crippen LogP contribution in [0.5, 0.6) is 0 Å². The standard InChI is InChI=1S/C43H27N3OS/c1-3-12-26(13-4-1)41-44-42(27-14-5-2-6-15-27)46-43(45-41)33-23-22-31(30-19-11-21-37-38(30)32-18-9-10-20-36(32)48-37)40-39(33)34-24-28-16-7-8-17-29(28)25-35(34)47-40/h1-25,43H,(H,44,45,46). The van der Waals surface area contributed by atoms with Crippen LogP contribution in [0.4, 0.5) is 0 Å². The van der Waals surface area contributed by atoms with Crippen LogP contribution in [0.25, 0.3) is 64.0 Å². The van der Waals surface area contributed by atoms with Gasteiger partial charge in [-0.2, -0.15) is 0 Å². The molecule has 0 spiro atoms. The van der Waals surface area contributed by atoms with Gasteiger partial charge in [0.05, 0.1) is 0 Å². The molecule has 0 bridgehead atoms. The summed E-state index contributed by atoms with van der Waals surface area (Å²) in [5.74, 6) is 1.58. The average Bonchev–Trinajstić information content (AvgIpc) is 3.72. The van der Waals surface area contributed by atoms with Crippen molar-refractivity contribution >= 4 is 75.9 Å². The number of benzene rings is 7. The largest absolute Gasteiger partial charge is 0.455 e. The number of fused-ring (bicyclic) bond motifs is 7. The van der Waals surface area contributed by atoms with E-state index in [-0.39, 0.29) is 0 Å². The fourth-order valence-corrected chi connectivity index (χ4v) is 8.22. The van der Waals surface area contributed by atoms with Crippen LogP contribution in [-0.4, -0.2) is 11.7 Å². The van der Waals surface area contributed by atoms with Crippen molar-refractivity contribution in [1.82, 2.24) is 5.32 Å². The monoisotopic (exact) mass is 633 g/mol. The van der Waals surface area contributed by atoms with Crippen LogP contribution in [0, 0.1) is 0 Å². The first-order valence-electron chi connectivity index (χ1n) is 16.1. The second-order valence-corrected chi connectivity index (χ2v) is 13.3. The smallest absolute Gasteiger partial charge is 0.170 e. The van der Waals surface area contributed by atoms with Crippen LogP contribution >= 0.6 is 11.3 Å². The van der Waals surface area contributed by atoms with Gasteiger partial charge in [-0.25, -0.2) is 9.98 Å². The van der Waals surface area contributed by atoms with Crippen LogP contribution < -0.4 is 5.32 Å². The Kier molecular flexibility index (Phi) is 6.08. The van der Waals surface area contributed by atoms with E-state index in [1.165, 1.54) is 25.6 Å². The van der Waals surface area contributed by atoms with Crippen molar-refractivity contribution in [3.63, 3.8) is 0 Å². The Morgan fingerprint density at radius 1 is 0.521 bits per heavy atom. The Labute approximate surface area is 280 Å². The van der Waals surface area contributed by atoms with Crippen LogP contribution in [0.1, 0.15) is 22.9 Å². The number of amidine groups is 2. The van der Waals surface area contributed by atoms with Crippen molar-refractivity contribution in [3.8, 4) is 11.1 Å². The molecule has 0 atom stereocenters. The molecule has 0 saturated heterocycles. The Bertz CT molecular complexity index is 2700. The van der Waals surface area contributed by atoms with Crippen LogP contribution in [0.3, 0.4) is 0 Å². The summed E-state index contributed by atoms with van der Waals surface area (Å²) in [4.78, 5) is 10.5. The third-order valence-corrected chi connectivity index (χ3v) is 10.5. The van der Waals surface area contributed by atoms with Gasteiger partial charge in [-0.05, 0) is 40.6 Å². The maximum absolute atomic E-state index is 6.93. The molecule has 3 heterocycles. The molecule has 226 valence electrons. The molecular weight excluding hydrogens is 607 g/mol. The van der Waals surface area contributed by atoms with Crippen molar-refractivity contribution in [2.45, 2.75) is 6.17 Å². The second-order valence-electron chi connectivity index (χ2n) is 12.2. The van der Waals surface area contributed by atoms with E-state index in [0.717, 1.165) is 66.8 Å². The fourth-order valence-electron chi connectivity index (χ4n) is 7.09. The van der Waals surface area contributed by atoms with Gasteiger partial charge < -0.3 is 9.73 Å². The zero-order valence-corrected chi connectivity index (χ0v) is 26.5. The van der Waals surface area contributed by atoms with Crippen molar-refractivity contribution in [1.29, 1.82) is 0 Å². The lowest BCUT2D eigenvalue weighted by Crippen LogP contribution is -2.36. The lowest BCUT2D eigenvalue weighted by atomic mass is 9.94. The van der Waals surface area contributed by atoms with E-state index in [0.29, 0.717) is 0 Å². The minimum Gasteiger partial charge on any atom is -0.455 e. The zero-order valence-electron chi connectivity index (χ0n) is 25.7. The number of hydrogen-bond acceptors (Lipinski definition) is 5. The van der Waals surface area contributed by atoms with Crippen molar-refractivity contribution in [3.05, 3.63) is 168 Å². The highest BCUT2D eigenvalue weighted by Gasteiger charge is 2.26. The number of furan rings is 1. The highest BCUT2D eigenvalue weighted by Crippen LogP contribution is 2.46. The molecular formula is C43H27N3OS. The molecule has 4 nitrogen and oxygen atoms in total. The Morgan fingerprint density at radius 3 is 1.92 bits per heavy atom. The summed E-state index contributed by atoms with van der Waals surface area (Å²) in [7, 11) is 0. The van der Waals surface area contributed by atoms with Crippen LogP contribution in [-0.2, 0) is 0 Å². The molecule has 1 aliphatic rings. The van der Waals surface area contributed by atoms with Gasteiger partial charge in [0.1, 0.15) is 22.8 Å². The molecule has 0 amide bonds. The van der Waals surface area contributed by atoms with E-state index in [2.05, 4.69) is 121 Å². The van der Waals surface area contributed by atoms with Gasteiger partial charge in [-0.15, -0.1) is 11.3 Å². The fraction of sp³-hybridized carbons (Fsp3) is 0.0233. The van der Waals surface area contributed by atoms with Crippen LogP contribution in [0.2, 0.25) is 0 Å². The minimum absolute atomic E-state index is 0.488. The highest BCUT2D eigenvalue weighted by atomic mass is 32.1. The molecule has 0 unspecified atom stereocenters. The summed E-state index contributed by atoms with van der Waals surface area (Å²) < 4.78 is 9.47. The Morgan fingerprint density at radius 2 is 1.17 bits per heavy atom. The highest BCUT2D eigenvalue weighted by molar-refractivity contribution is 7.25. The van der Waals surface area contributed by atoms with Gasteiger partial charge in [-0.1, -0.05) is 127 Å². The summed E-state index contributed by atoms with van der Waals surface area (Å²) in [6.45, 7) is 0. The molecule has 48 heavy (non-hydrogen) atoms. The average molecular weight is 634 g/mol. The SMILES string of the molecule is c1ccc(C2=NC(c3ccc(-c4cccc5sc6ccccc6c45)c4oc5cc6ccccc6cc5c34)N=C(c3ccccc3)N2)cc1. The number of thiophene rings is 1. The lowest BCUT2D eigenvalue weighted by molar-refractivity contribution is 0.669. The third-order valence-electron chi connectivity index (χ3n) is 9.32. The summed E-state index contributed by atoms with van der Waals surface area (Å²) in [5.41, 5.74) is 6.97. The minimum atomic E-state index is -0.488. The summed E-state index contributed by atoms with van der Waals surface area (Å²) >= 11 is 1.83. The number of nitrogens with zero attached hydrogens (tertiary/aromatic N) is 2. The van der Waals surface area contributed by atoms with Gasteiger partial charge >= 0.3 is 0 Å². The maximum atomic E-state index is 6.93. The molecule has 5 heteroatoms. The number of aliphatic imine (C=N–C) groups is 2. The van der Waals surface area contributed by atoms with Gasteiger partial charge in [-0.3, -0.25) is 0 Å². The second kappa shape index (κ2) is 10.8. The van der Waals surface area contributed by atoms with E-state index in [9.17, 15) is 0 Å². The van der Waals surface area contributed by atoms with Gasteiger partial charge in [0.2, 0.25) is 0 Å². The van der Waals surface area contributed by atoms with Crippen LogP contribution in [0.15, 0.2) is 166 Å². The maximum Gasteiger partial charge on any atom is 0.170 e. The predicted molar refractivity (Wildman–Crippen MR) is 201 cm³/mol. The molecule has 0 fully saturated rings. The molecule has 0 radical (unpaired) electrons. The summed E-state index contributed by atoms with van der Waals surface area (Å²) in [5, 5.41) is 10.5. The van der Waals surface area contributed by atoms with Crippen molar-refractivity contribution in [2.75, 3.05) is 0 Å². The summed E-state index contributed by atoms with van der Waals surface area (Å²) in [6.07, 6.45) is -0.488. The van der Waals surface area contributed by atoms with Gasteiger partial charge in [0.15, 0.2) is 6.17 Å². The number of rotatable bonds is 4. The lowest BCUT2D eigenvalue weighted by Gasteiger charge is -2.23. The molecule has 2 aromatic heterocycles. The van der Waals surface area contributed by atoms with E-state index in [4.69, 9.17) is 14.4 Å². The third kappa shape index (κ3) is 4.29. The van der Waals surface area contributed by atoms with E-state index >= 15 is 0 Å². The molecule has 7 aromatic carbocycles. The first kappa shape index (κ1) is 27.1. The molecule has 10 rings (SSSR count). The van der Waals surface area contributed by atoms with Gasteiger partial charge in [0, 0.05) is 53.2 Å². The molecule has 1 aliphatic heterocycles. The molecule has 0 aliphatic carbocycles. The van der Waals surface area contributed by atoms with Gasteiger partial charge in [0.25, 0.3) is 0 Å². The van der Waals surface area contributed by atoms with E-state index in [1.54, 1.807) is 0 Å². The first-order chi connectivity index (χ1) is 23.8. The number of nitrogens with one attached hydrogen (secondary N) is 1. The molecule has 1 N–H and O–H groups in total. The summed E-state index contributed by atoms with van der Waals surface area (Å²) in [6, 6.07) is 53.1. The van der Waals surface area contributed by atoms with E-state index < -0.39 is 6.17 Å².